The van der Waals surface area contributed by atoms with Crippen molar-refractivity contribution in [2.45, 2.75) is 32.1 Å². The highest BCUT2D eigenvalue weighted by molar-refractivity contribution is 6.08. The highest BCUT2D eigenvalue weighted by atomic mass is 15.0. The zero-order valence-electron chi connectivity index (χ0n) is 29.3. The lowest BCUT2D eigenvalue weighted by Crippen LogP contribution is -2.27. The standard InChI is InChI=1S/C50H36N2/c1-31-28-33(21-24-36(31)37-25-23-35(29-32(37)2)52-48-20-10-6-15-41(48)42-16-11-27-51-49(42)52)34-22-26-47-43(30-34)40-14-5-9-19-46(40)50(47)44-17-7-3-12-38(44)39-13-4-8-18-45(39)50/h3-7,9-17,19-30H,8,18H2,1-2H3. The smallest absolute Gasteiger partial charge is 0.145 e. The van der Waals surface area contributed by atoms with E-state index < -0.39 is 0 Å². The summed E-state index contributed by atoms with van der Waals surface area (Å²) in [5, 5.41) is 2.41. The van der Waals surface area contributed by atoms with E-state index in [0.29, 0.717) is 0 Å². The van der Waals surface area contributed by atoms with Gasteiger partial charge < -0.3 is 0 Å². The van der Waals surface area contributed by atoms with Crippen molar-refractivity contribution in [3.8, 4) is 39.1 Å². The lowest BCUT2D eigenvalue weighted by molar-refractivity contribution is 0.714. The van der Waals surface area contributed by atoms with Crippen LogP contribution in [-0.2, 0) is 5.41 Å². The normalized spacial score (nSPS) is 16.8. The van der Waals surface area contributed by atoms with Gasteiger partial charge in [-0.05, 0) is 141 Å². The van der Waals surface area contributed by atoms with Gasteiger partial charge in [0.25, 0.3) is 0 Å². The number of benzene rings is 6. The number of rotatable bonds is 3. The first-order valence-corrected chi connectivity index (χ1v) is 18.4. The molecule has 1 unspecified atom stereocenters. The summed E-state index contributed by atoms with van der Waals surface area (Å²) in [6.07, 6.45) is 8.80. The molecule has 11 rings (SSSR count). The summed E-state index contributed by atoms with van der Waals surface area (Å²) in [4.78, 5) is 4.80. The van der Waals surface area contributed by atoms with Crippen molar-refractivity contribution in [3.05, 3.63) is 197 Å². The molecule has 0 N–H and O–H groups in total. The molecule has 3 aliphatic rings. The molecule has 1 spiro atoms. The minimum absolute atomic E-state index is 0.222. The molecule has 246 valence electrons. The summed E-state index contributed by atoms with van der Waals surface area (Å²) >= 11 is 0. The number of fused-ring (bicyclic) bond motifs is 12. The van der Waals surface area contributed by atoms with E-state index in [4.69, 9.17) is 4.98 Å². The van der Waals surface area contributed by atoms with Crippen LogP contribution in [0.3, 0.4) is 0 Å². The Balaban J connectivity index is 0.999. The van der Waals surface area contributed by atoms with Gasteiger partial charge in [-0.3, -0.25) is 4.57 Å². The molecule has 1 atom stereocenters. The number of aryl methyl sites for hydroxylation is 2. The molecule has 6 aromatic carbocycles. The van der Waals surface area contributed by atoms with Crippen LogP contribution in [0.4, 0.5) is 0 Å². The molecule has 52 heavy (non-hydrogen) atoms. The van der Waals surface area contributed by atoms with E-state index in [9.17, 15) is 0 Å². The molecule has 3 aliphatic carbocycles. The van der Waals surface area contributed by atoms with E-state index in [1.807, 2.05) is 12.3 Å². The zero-order chi connectivity index (χ0) is 34.6. The van der Waals surface area contributed by atoms with Crippen molar-refractivity contribution in [2.75, 3.05) is 0 Å². The van der Waals surface area contributed by atoms with Crippen LogP contribution in [0.1, 0.15) is 46.2 Å². The molecule has 2 heteroatoms. The average molecular weight is 665 g/mol. The van der Waals surface area contributed by atoms with Gasteiger partial charge in [0.15, 0.2) is 0 Å². The second-order valence-electron chi connectivity index (χ2n) is 14.7. The molecule has 2 aromatic heterocycles. The first-order chi connectivity index (χ1) is 25.6. The molecule has 0 saturated heterocycles. The predicted octanol–water partition coefficient (Wildman–Crippen LogP) is 12.6. The fourth-order valence-electron chi connectivity index (χ4n) is 9.88. The minimum atomic E-state index is -0.222. The zero-order valence-corrected chi connectivity index (χ0v) is 29.3. The van der Waals surface area contributed by atoms with Gasteiger partial charge in [0.05, 0.1) is 10.9 Å². The molecule has 0 radical (unpaired) electrons. The monoisotopic (exact) mass is 664 g/mol. The van der Waals surface area contributed by atoms with Crippen LogP contribution in [0, 0.1) is 13.8 Å². The number of hydrogen-bond donors (Lipinski definition) is 0. The lowest BCUT2D eigenvalue weighted by atomic mass is 9.68. The molecule has 2 heterocycles. The van der Waals surface area contributed by atoms with Crippen LogP contribution in [0.2, 0.25) is 0 Å². The van der Waals surface area contributed by atoms with Gasteiger partial charge in [-0.25, -0.2) is 4.98 Å². The van der Waals surface area contributed by atoms with E-state index in [1.54, 1.807) is 5.57 Å². The largest absolute Gasteiger partial charge is 0.294 e. The average Bonchev–Trinajstić information content (AvgIpc) is 3.80. The van der Waals surface area contributed by atoms with Crippen LogP contribution < -0.4 is 0 Å². The summed E-state index contributed by atoms with van der Waals surface area (Å²) in [6, 6.07) is 52.1. The maximum Gasteiger partial charge on any atom is 0.145 e. The highest BCUT2D eigenvalue weighted by Gasteiger charge is 2.52. The van der Waals surface area contributed by atoms with Crippen LogP contribution in [-0.4, -0.2) is 9.55 Å². The molecule has 0 fully saturated rings. The lowest BCUT2D eigenvalue weighted by Gasteiger charge is -2.33. The van der Waals surface area contributed by atoms with Gasteiger partial charge in [-0.15, -0.1) is 0 Å². The van der Waals surface area contributed by atoms with Crippen molar-refractivity contribution in [1.82, 2.24) is 9.55 Å². The van der Waals surface area contributed by atoms with Crippen molar-refractivity contribution >= 4 is 27.5 Å². The molecular weight excluding hydrogens is 629 g/mol. The van der Waals surface area contributed by atoms with Gasteiger partial charge in [0.2, 0.25) is 0 Å². The third kappa shape index (κ3) is 3.87. The van der Waals surface area contributed by atoms with Gasteiger partial charge in [-0.1, -0.05) is 115 Å². The Hall–Kier alpha value is -6.25. The molecule has 0 amide bonds. The Bertz CT molecular complexity index is 2830. The first-order valence-electron chi connectivity index (χ1n) is 18.4. The molecule has 0 bridgehead atoms. The number of allylic oxidation sites excluding steroid dienone is 4. The first kappa shape index (κ1) is 29.5. The molecule has 2 nitrogen and oxygen atoms in total. The van der Waals surface area contributed by atoms with E-state index in [2.05, 4.69) is 164 Å². The minimum Gasteiger partial charge on any atom is -0.294 e. The van der Waals surface area contributed by atoms with E-state index in [0.717, 1.165) is 24.2 Å². The maximum atomic E-state index is 4.80. The Morgan fingerprint density at radius 2 is 1.23 bits per heavy atom. The number of aromatic nitrogens is 2. The van der Waals surface area contributed by atoms with Crippen LogP contribution in [0.15, 0.2) is 163 Å². The van der Waals surface area contributed by atoms with Crippen molar-refractivity contribution in [1.29, 1.82) is 0 Å². The summed E-state index contributed by atoms with van der Waals surface area (Å²) in [6.45, 7) is 4.48. The summed E-state index contributed by atoms with van der Waals surface area (Å²) in [7, 11) is 0. The van der Waals surface area contributed by atoms with Crippen molar-refractivity contribution < 1.29 is 0 Å². The van der Waals surface area contributed by atoms with E-state index in [1.165, 1.54) is 88.6 Å². The topological polar surface area (TPSA) is 17.8 Å². The second-order valence-corrected chi connectivity index (χ2v) is 14.7. The molecule has 8 aromatic rings. The van der Waals surface area contributed by atoms with E-state index in [-0.39, 0.29) is 5.41 Å². The predicted molar refractivity (Wildman–Crippen MR) is 216 cm³/mol. The van der Waals surface area contributed by atoms with Crippen LogP contribution in [0.25, 0.3) is 66.6 Å². The van der Waals surface area contributed by atoms with E-state index >= 15 is 0 Å². The number of pyridine rings is 1. The third-order valence-electron chi connectivity index (χ3n) is 12.0. The fourth-order valence-corrected chi connectivity index (χ4v) is 9.88. The molecule has 0 aliphatic heterocycles. The van der Waals surface area contributed by atoms with Gasteiger partial charge >= 0.3 is 0 Å². The number of para-hydroxylation sites is 1. The number of nitrogens with zero attached hydrogens (tertiary/aromatic N) is 2. The van der Waals surface area contributed by atoms with Gasteiger partial charge in [-0.2, -0.15) is 0 Å². The molecule has 0 saturated carbocycles. The van der Waals surface area contributed by atoms with Crippen molar-refractivity contribution in [3.63, 3.8) is 0 Å². The quantitative estimate of drug-likeness (QED) is 0.184. The Labute approximate surface area is 304 Å². The van der Waals surface area contributed by atoms with Gasteiger partial charge in [0.1, 0.15) is 5.65 Å². The Kier molecular flexibility index (Phi) is 6.16. The second kappa shape index (κ2) is 10.9. The Morgan fingerprint density at radius 1 is 0.558 bits per heavy atom. The highest BCUT2D eigenvalue weighted by Crippen LogP contribution is 2.63. The molecular formula is C50H36N2. The van der Waals surface area contributed by atoms with Crippen LogP contribution in [0.5, 0.6) is 0 Å². The van der Waals surface area contributed by atoms with Crippen molar-refractivity contribution in [2.24, 2.45) is 0 Å². The third-order valence-corrected chi connectivity index (χ3v) is 12.0. The van der Waals surface area contributed by atoms with Gasteiger partial charge in [0, 0.05) is 22.7 Å². The maximum absolute atomic E-state index is 4.80. The summed E-state index contributed by atoms with van der Waals surface area (Å²) in [5.74, 6) is 0. The van der Waals surface area contributed by atoms with Crippen LogP contribution >= 0.6 is 0 Å². The fraction of sp³-hybridized carbons (Fsp3) is 0.100. The number of hydrogen-bond acceptors (Lipinski definition) is 1. The SMILES string of the molecule is Cc1cc(-c2ccc3c(c2)-c2ccccc2C32C3=C(C=CCC3)c3ccccc32)ccc1-c1ccc(-n2c3ccccc3c3cccnc32)cc1C. The Morgan fingerprint density at radius 3 is 2.08 bits per heavy atom. The summed E-state index contributed by atoms with van der Waals surface area (Å²) < 4.78 is 2.29. The summed E-state index contributed by atoms with van der Waals surface area (Å²) in [5.41, 5.74) is 22.0.